The fourth-order valence-electron chi connectivity index (χ4n) is 3.39. The Morgan fingerprint density at radius 1 is 1.17 bits per heavy atom. The van der Waals surface area contributed by atoms with Gasteiger partial charge in [0, 0.05) is 18.7 Å². The number of carbonyl (C=O) groups is 2. The zero-order valence-corrected chi connectivity index (χ0v) is 17.4. The molecule has 1 aliphatic rings. The van der Waals surface area contributed by atoms with Crippen molar-refractivity contribution in [2.75, 3.05) is 37.4 Å². The van der Waals surface area contributed by atoms with Crippen LogP contribution < -0.4 is 15.0 Å². The molecule has 2 aromatic rings. The Kier molecular flexibility index (Phi) is 6.88. The van der Waals surface area contributed by atoms with E-state index in [9.17, 15) is 9.59 Å². The number of anilines is 2. The van der Waals surface area contributed by atoms with Crippen LogP contribution in [0.3, 0.4) is 0 Å². The summed E-state index contributed by atoms with van der Waals surface area (Å²) in [6.45, 7) is 3.27. The second-order valence-electron chi connectivity index (χ2n) is 7.62. The first kappa shape index (κ1) is 20.9. The van der Waals surface area contributed by atoms with Crippen molar-refractivity contribution in [1.29, 1.82) is 0 Å². The van der Waals surface area contributed by atoms with E-state index in [1.165, 1.54) is 0 Å². The molecule has 6 nitrogen and oxygen atoms in total. The SMILES string of the molecule is CC1Oc2ccc(NC(=O)CCc3ccccc3)cc2N(CCCN(C)C)C1=O. The molecule has 1 N–H and O–H groups in total. The number of nitrogens with one attached hydrogen (secondary N) is 1. The molecule has 3 rings (SSSR count). The molecular formula is C23H29N3O3. The van der Waals surface area contributed by atoms with Gasteiger partial charge in [-0.25, -0.2) is 0 Å². The van der Waals surface area contributed by atoms with Gasteiger partial charge in [0.2, 0.25) is 5.91 Å². The molecule has 0 spiro atoms. The average Bonchev–Trinajstić information content (AvgIpc) is 2.70. The highest BCUT2D eigenvalue weighted by Gasteiger charge is 2.31. The first-order valence-electron chi connectivity index (χ1n) is 10.0. The minimum atomic E-state index is -0.506. The molecular weight excluding hydrogens is 366 g/mol. The molecule has 0 saturated carbocycles. The minimum absolute atomic E-state index is 0.0515. The Balaban J connectivity index is 1.68. The second kappa shape index (κ2) is 9.56. The van der Waals surface area contributed by atoms with E-state index in [0.29, 0.717) is 36.5 Å². The van der Waals surface area contributed by atoms with Crippen LogP contribution >= 0.6 is 0 Å². The molecule has 0 saturated heterocycles. The molecule has 0 radical (unpaired) electrons. The Morgan fingerprint density at radius 3 is 2.66 bits per heavy atom. The Morgan fingerprint density at radius 2 is 1.93 bits per heavy atom. The summed E-state index contributed by atoms with van der Waals surface area (Å²) < 4.78 is 5.75. The van der Waals surface area contributed by atoms with Crippen LogP contribution in [0.2, 0.25) is 0 Å². The van der Waals surface area contributed by atoms with Gasteiger partial charge < -0.3 is 19.9 Å². The van der Waals surface area contributed by atoms with Gasteiger partial charge in [0.15, 0.2) is 6.10 Å². The fourth-order valence-corrected chi connectivity index (χ4v) is 3.39. The van der Waals surface area contributed by atoms with Crippen molar-refractivity contribution >= 4 is 23.2 Å². The van der Waals surface area contributed by atoms with Gasteiger partial charge in [-0.15, -0.1) is 0 Å². The van der Waals surface area contributed by atoms with Crippen LogP contribution in [0.1, 0.15) is 25.3 Å². The van der Waals surface area contributed by atoms with Crippen LogP contribution in [0.5, 0.6) is 5.75 Å². The van der Waals surface area contributed by atoms with Gasteiger partial charge >= 0.3 is 0 Å². The van der Waals surface area contributed by atoms with E-state index in [1.54, 1.807) is 11.8 Å². The van der Waals surface area contributed by atoms with Crippen molar-refractivity contribution in [3.8, 4) is 5.75 Å². The number of rotatable bonds is 8. The van der Waals surface area contributed by atoms with Crippen molar-refractivity contribution in [2.24, 2.45) is 0 Å². The van der Waals surface area contributed by atoms with E-state index >= 15 is 0 Å². The highest BCUT2D eigenvalue weighted by molar-refractivity contribution is 6.01. The van der Waals surface area contributed by atoms with Crippen LogP contribution in [0, 0.1) is 0 Å². The minimum Gasteiger partial charge on any atom is -0.479 e. The van der Waals surface area contributed by atoms with Gasteiger partial charge in [-0.1, -0.05) is 30.3 Å². The lowest BCUT2D eigenvalue weighted by atomic mass is 10.1. The normalized spacial score (nSPS) is 15.8. The Hall–Kier alpha value is -2.86. The van der Waals surface area contributed by atoms with Crippen molar-refractivity contribution < 1.29 is 14.3 Å². The van der Waals surface area contributed by atoms with Gasteiger partial charge in [-0.05, 0) is 64.2 Å². The number of benzene rings is 2. The maximum Gasteiger partial charge on any atom is 0.267 e. The van der Waals surface area contributed by atoms with Crippen LogP contribution in [0.15, 0.2) is 48.5 Å². The summed E-state index contributed by atoms with van der Waals surface area (Å²) in [5, 5.41) is 2.94. The molecule has 0 aromatic heterocycles. The highest BCUT2D eigenvalue weighted by atomic mass is 16.5. The number of amides is 2. The fraction of sp³-hybridized carbons (Fsp3) is 0.391. The van der Waals surface area contributed by atoms with Gasteiger partial charge in [0.05, 0.1) is 5.69 Å². The number of hydrogen-bond acceptors (Lipinski definition) is 4. The van der Waals surface area contributed by atoms with E-state index in [2.05, 4.69) is 10.2 Å². The maximum absolute atomic E-state index is 12.7. The molecule has 6 heteroatoms. The molecule has 1 atom stereocenters. The number of carbonyl (C=O) groups excluding carboxylic acids is 2. The van der Waals surface area contributed by atoms with Crippen molar-refractivity contribution in [3.05, 3.63) is 54.1 Å². The van der Waals surface area contributed by atoms with E-state index < -0.39 is 6.10 Å². The summed E-state index contributed by atoms with van der Waals surface area (Å²) in [5.41, 5.74) is 2.52. The second-order valence-corrected chi connectivity index (χ2v) is 7.62. The molecule has 2 aromatic carbocycles. The van der Waals surface area contributed by atoms with E-state index in [-0.39, 0.29) is 11.8 Å². The monoisotopic (exact) mass is 395 g/mol. The molecule has 1 aliphatic heterocycles. The number of ether oxygens (including phenoxy) is 1. The first-order chi connectivity index (χ1) is 13.9. The summed E-state index contributed by atoms with van der Waals surface area (Å²) in [7, 11) is 4.03. The predicted molar refractivity (Wildman–Crippen MR) is 115 cm³/mol. The summed E-state index contributed by atoms with van der Waals surface area (Å²) in [5.74, 6) is 0.567. The van der Waals surface area contributed by atoms with Gasteiger partial charge in [-0.2, -0.15) is 0 Å². The molecule has 1 unspecified atom stereocenters. The van der Waals surface area contributed by atoms with E-state index in [1.807, 2.05) is 62.6 Å². The maximum atomic E-state index is 12.7. The smallest absolute Gasteiger partial charge is 0.267 e. The number of nitrogens with zero attached hydrogens (tertiary/aromatic N) is 2. The molecule has 0 aliphatic carbocycles. The summed E-state index contributed by atoms with van der Waals surface area (Å²) in [4.78, 5) is 28.9. The summed E-state index contributed by atoms with van der Waals surface area (Å²) in [6.07, 6.45) is 1.44. The summed E-state index contributed by atoms with van der Waals surface area (Å²) >= 11 is 0. The molecule has 2 amide bonds. The number of hydrogen-bond donors (Lipinski definition) is 1. The predicted octanol–water partition coefficient (Wildman–Crippen LogP) is 3.32. The van der Waals surface area contributed by atoms with E-state index in [0.717, 1.165) is 18.5 Å². The largest absolute Gasteiger partial charge is 0.479 e. The third-order valence-electron chi connectivity index (χ3n) is 4.92. The lowest BCUT2D eigenvalue weighted by Crippen LogP contribution is -2.45. The molecule has 1 heterocycles. The van der Waals surface area contributed by atoms with Crippen LogP contribution in [0.4, 0.5) is 11.4 Å². The standard InChI is InChI=1S/C23H29N3O3/c1-17-23(28)26(15-7-14-25(2)3)20-16-19(11-12-21(20)29-17)24-22(27)13-10-18-8-5-4-6-9-18/h4-6,8-9,11-12,16-17H,7,10,13-15H2,1-3H3,(H,24,27). The molecule has 0 bridgehead atoms. The van der Waals surface area contributed by atoms with E-state index in [4.69, 9.17) is 4.74 Å². The third kappa shape index (κ3) is 5.57. The molecule has 154 valence electrons. The van der Waals surface area contributed by atoms with Crippen LogP contribution in [0.25, 0.3) is 0 Å². The zero-order valence-electron chi connectivity index (χ0n) is 17.4. The van der Waals surface area contributed by atoms with Gasteiger partial charge in [-0.3, -0.25) is 9.59 Å². The zero-order chi connectivity index (χ0) is 20.8. The molecule has 29 heavy (non-hydrogen) atoms. The quantitative estimate of drug-likeness (QED) is 0.745. The van der Waals surface area contributed by atoms with Gasteiger partial charge in [0.25, 0.3) is 5.91 Å². The number of fused-ring (bicyclic) bond motifs is 1. The van der Waals surface area contributed by atoms with Crippen molar-refractivity contribution in [1.82, 2.24) is 4.90 Å². The Bertz CT molecular complexity index is 852. The van der Waals surface area contributed by atoms with Gasteiger partial charge in [0.1, 0.15) is 5.75 Å². The summed E-state index contributed by atoms with van der Waals surface area (Å²) in [6, 6.07) is 15.4. The van der Waals surface area contributed by atoms with Crippen LogP contribution in [-0.4, -0.2) is 50.0 Å². The average molecular weight is 396 g/mol. The molecule has 0 fully saturated rings. The Labute approximate surface area is 172 Å². The van der Waals surface area contributed by atoms with Crippen molar-refractivity contribution in [3.63, 3.8) is 0 Å². The number of aryl methyl sites for hydroxylation is 1. The first-order valence-corrected chi connectivity index (χ1v) is 10.0. The lowest BCUT2D eigenvalue weighted by molar-refractivity contribution is -0.125. The highest BCUT2D eigenvalue weighted by Crippen LogP contribution is 2.36. The lowest BCUT2D eigenvalue weighted by Gasteiger charge is -2.33. The van der Waals surface area contributed by atoms with Crippen LogP contribution in [-0.2, 0) is 16.0 Å². The topological polar surface area (TPSA) is 61.9 Å². The third-order valence-corrected chi connectivity index (χ3v) is 4.92. The van der Waals surface area contributed by atoms with Crippen molar-refractivity contribution in [2.45, 2.75) is 32.3 Å².